The van der Waals surface area contributed by atoms with Gasteiger partial charge in [0.15, 0.2) is 9.84 Å². The fraction of sp³-hybridized carbons (Fsp3) is 0.417. The molecule has 3 nitrogen and oxygen atoms in total. The quantitative estimate of drug-likeness (QED) is 0.810. The van der Waals surface area contributed by atoms with Gasteiger partial charge in [0.25, 0.3) is 0 Å². The number of carbonyl (C=O) groups is 1. The van der Waals surface area contributed by atoms with Crippen LogP contribution in [0.25, 0.3) is 0 Å². The van der Waals surface area contributed by atoms with Crippen molar-refractivity contribution in [3.05, 3.63) is 30.3 Å². The summed E-state index contributed by atoms with van der Waals surface area (Å²) >= 11 is 0. The smallest absolute Gasteiger partial charge is 0.183 e. The monoisotopic (exact) mass is 240 g/mol. The Bertz CT molecular complexity index is 472. The second-order valence-electron chi connectivity index (χ2n) is 4.45. The van der Waals surface area contributed by atoms with E-state index in [-0.39, 0.29) is 17.1 Å². The lowest BCUT2D eigenvalue weighted by molar-refractivity contribution is -0.117. The second-order valence-corrected chi connectivity index (χ2v) is 7.04. The Hall–Kier alpha value is -1.16. The molecule has 0 fully saturated rings. The van der Waals surface area contributed by atoms with Crippen LogP contribution in [0.2, 0.25) is 0 Å². The molecule has 0 N–H and O–H groups in total. The molecule has 88 valence electrons. The van der Waals surface area contributed by atoms with Crippen molar-refractivity contribution in [2.45, 2.75) is 36.8 Å². The molecule has 1 rings (SSSR count). The first-order valence-corrected chi connectivity index (χ1v) is 6.55. The minimum atomic E-state index is -3.45. The molecule has 0 spiro atoms. The number of hydrogen-bond donors (Lipinski definition) is 0. The predicted molar refractivity (Wildman–Crippen MR) is 63.0 cm³/mol. The molecule has 0 saturated carbocycles. The second kappa shape index (κ2) is 4.37. The summed E-state index contributed by atoms with van der Waals surface area (Å²) in [7, 11) is -3.45. The molecule has 1 aromatic rings. The Labute approximate surface area is 96.4 Å². The molecule has 0 unspecified atom stereocenters. The number of benzene rings is 1. The Morgan fingerprint density at radius 1 is 1.19 bits per heavy atom. The van der Waals surface area contributed by atoms with Gasteiger partial charge in [-0.2, -0.15) is 0 Å². The molecule has 1 aromatic carbocycles. The topological polar surface area (TPSA) is 51.2 Å². The van der Waals surface area contributed by atoms with Crippen LogP contribution in [0.4, 0.5) is 0 Å². The van der Waals surface area contributed by atoms with Gasteiger partial charge in [-0.25, -0.2) is 8.42 Å². The third-order valence-electron chi connectivity index (χ3n) is 2.46. The van der Waals surface area contributed by atoms with Gasteiger partial charge in [-0.05, 0) is 32.9 Å². The average Bonchev–Trinajstić information content (AvgIpc) is 2.17. The van der Waals surface area contributed by atoms with Crippen LogP contribution in [-0.2, 0) is 14.6 Å². The number of hydrogen-bond acceptors (Lipinski definition) is 3. The Morgan fingerprint density at radius 3 is 2.12 bits per heavy atom. The summed E-state index contributed by atoms with van der Waals surface area (Å²) in [6, 6.07) is 8.22. The fourth-order valence-electron chi connectivity index (χ4n) is 1.61. The van der Waals surface area contributed by atoms with E-state index in [2.05, 4.69) is 0 Å². The van der Waals surface area contributed by atoms with E-state index in [0.29, 0.717) is 0 Å². The van der Waals surface area contributed by atoms with Crippen molar-refractivity contribution in [2.24, 2.45) is 0 Å². The van der Waals surface area contributed by atoms with Gasteiger partial charge in [0.1, 0.15) is 5.78 Å². The van der Waals surface area contributed by atoms with E-state index in [4.69, 9.17) is 0 Å². The maximum Gasteiger partial charge on any atom is 0.183 e. The van der Waals surface area contributed by atoms with Crippen LogP contribution in [0, 0.1) is 0 Å². The van der Waals surface area contributed by atoms with Crippen LogP contribution in [0.5, 0.6) is 0 Å². The summed E-state index contributed by atoms with van der Waals surface area (Å²) in [4.78, 5) is 11.3. The SMILES string of the molecule is CC(=O)CC(C)(C)S(=O)(=O)c1ccccc1. The van der Waals surface area contributed by atoms with Crippen molar-refractivity contribution in [3.8, 4) is 0 Å². The molecule has 0 aliphatic carbocycles. The van der Waals surface area contributed by atoms with Crippen LogP contribution in [0.3, 0.4) is 0 Å². The molecule has 0 aromatic heterocycles. The van der Waals surface area contributed by atoms with Crippen LogP contribution >= 0.6 is 0 Å². The highest BCUT2D eigenvalue weighted by Crippen LogP contribution is 2.28. The zero-order valence-electron chi connectivity index (χ0n) is 9.73. The van der Waals surface area contributed by atoms with Gasteiger partial charge in [0, 0.05) is 6.42 Å². The summed E-state index contributed by atoms with van der Waals surface area (Å²) < 4.78 is 23.4. The molecule has 0 radical (unpaired) electrons. The van der Waals surface area contributed by atoms with Crippen LogP contribution < -0.4 is 0 Å². The first-order chi connectivity index (χ1) is 7.27. The van der Waals surface area contributed by atoms with Crippen LogP contribution in [-0.4, -0.2) is 18.9 Å². The van der Waals surface area contributed by atoms with Crippen molar-refractivity contribution < 1.29 is 13.2 Å². The van der Waals surface area contributed by atoms with Gasteiger partial charge < -0.3 is 0 Å². The zero-order valence-corrected chi connectivity index (χ0v) is 10.5. The molecular formula is C12H16O3S. The minimum Gasteiger partial charge on any atom is -0.300 e. The van der Waals surface area contributed by atoms with Gasteiger partial charge in [-0.1, -0.05) is 18.2 Å². The van der Waals surface area contributed by atoms with Crippen LogP contribution in [0.15, 0.2) is 35.2 Å². The maximum absolute atomic E-state index is 12.2. The molecule has 0 aliphatic heterocycles. The van der Waals surface area contributed by atoms with Gasteiger partial charge >= 0.3 is 0 Å². The third-order valence-corrected chi connectivity index (χ3v) is 4.95. The summed E-state index contributed by atoms with van der Waals surface area (Å²) in [6.07, 6.45) is 0.0320. The van der Waals surface area contributed by atoms with Crippen LogP contribution in [0.1, 0.15) is 27.2 Å². The van der Waals surface area contributed by atoms with Gasteiger partial charge in [0.05, 0.1) is 9.64 Å². The lowest BCUT2D eigenvalue weighted by Crippen LogP contribution is -2.34. The minimum absolute atomic E-state index is 0.0320. The summed E-state index contributed by atoms with van der Waals surface area (Å²) in [5.74, 6) is -0.121. The van der Waals surface area contributed by atoms with E-state index in [1.54, 1.807) is 44.2 Å². The van der Waals surface area contributed by atoms with Crippen molar-refractivity contribution in [1.29, 1.82) is 0 Å². The standard InChI is InChI=1S/C12H16O3S/c1-10(13)9-12(2,3)16(14,15)11-7-5-4-6-8-11/h4-8H,9H2,1-3H3. The Morgan fingerprint density at radius 2 is 1.69 bits per heavy atom. The average molecular weight is 240 g/mol. The highest BCUT2D eigenvalue weighted by Gasteiger charge is 2.36. The van der Waals surface area contributed by atoms with E-state index in [9.17, 15) is 13.2 Å². The van der Waals surface area contributed by atoms with Crippen molar-refractivity contribution in [2.75, 3.05) is 0 Å². The van der Waals surface area contributed by atoms with E-state index in [1.807, 2.05) is 0 Å². The molecule has 0 bridgehead atoms. The van der Waals surface area contributed by atoms with Crippen molar-refractivity contribution in [3.63, 3.8) is 0 Å². The summed E-state index contributed by atoms with van der Waals surface area (Å²) in [5, 5.41) is 0. The highest BCUT2D eigenvalue weighted by molar-refractivity contribution is 7.92. The van der Waals surface area contributed by atoms with Crippen molar-refractivity contribution >= 4 is 15.6 Å². The lowest BCUT2D eigenvalue weighted by atomic mass is 10.1. The third kappa shape index (κ3) is 2.50. The number of Topliss-reactive ketones (excluding diaryl/α,β-unsaturated/α-hetero) is 1. The molecule has 0 atom stereocenters. The number of sulfone groups is 1. The van der Waals surface area contributed by atoms with E-state index < -0.39 is 14.6 Å². The number of carbonyl (C=O) groups excluding carboxylic acids is 1. The Kier molecular flexibility index (Phi) is 3.53. The predicted octanol–water partition coefficient (Wildman–Crippen LogP) is 2.22. The Balaban J connectivity index is 3.17. The fourth-order valence-corrected chi connectivity index (χ4v) is 3.16. The zero-order chi connectivity index (χ0) is 12.4. The maximum atomic E-state index is 12.2. The largest absolute Gasteiger partial charge is 0.300 e. The van der Waals surface area contributed by atoms with Gasteiger partial charge in [-0.3, -0.25) is 4.79 Å². The molecule has 0 aliphatic rings. The number of ketones is 1. The van der Waals surface area contributed by atoms with E-state index in [1.165, 1.54) is 6.92 Å². The molecule has 0 amide bonds. The van der Waals surface area contributed by atoms with E-state index >= 15 is 0 Å². The molecule has 0 heterocycles. The summed E-state index contributed by atoms with van der Waals surface area (Å²) in [5.41, 5.74) is 0. The number of rotatable bonds is 4. The molecule has 4 heteroatoms. The molecular weight excluding hydrogens is 224 g/mol. The normalized spacial score (nSPS) is 12.4. The summed E-state index contributed by atoms with van der Waals surface area (Å²) in [6.45, 7) is 4.57. The molecule has 16 heavy (non-hydrogen) atoms. The van der Waals surface area contributed by atoms with Crippen molar-refractivity contribution in [1.82, 2.24) is 0 Å². The van der Waals surface area contributed by atoms with Gasteiger partial charge in [0.2, 0.25) is 0 Å². The molecule has 0 saturated heterocycles. The van der Waals surface area contributed by atoms with E-state index in [0.717, 1.165) is 0 Å². The highest BCUT2D eigenvalue weighted by atomic mass is 32.2. The lowest BCUT2D eigenvalue weighted by Gasteiger charge is -2.23. The first kappa shape index (κ1) is 12.9. The van der Waals surface area contributed by atoms with Gasteiger partial charge in [-0.15, -0.1) is 0 Å². The first-order valence-electron chi connectivity index (χ1n) is 5.06.